The van der Waals surface area contributed by atoms with Crippen LogP contribution in [0, 0.1) is 12.3 Å². The standard InChI is InChI=1S/C13H12ClN3O/c1-3-6-17-8-16-12(13(17)15)9-4-5-11(18-2)10(14)7-9/h1,4-5,7-8H,6,15H2,2H3. The fourth-order valence-electron chi connectivity index (χ4n) is 1.65. The lowest BCUT2D eigenvalue weighted by molar-refractivity contribution is 0.415. The van der Waals surface area contributed by atoms with Crippen molar-refractivity contribution in [2.24, 2.45) is 0 Å². The van der Waals surface area contributed by atoms with Crippen molar-refractivity contribution in [2.45, 2.75) is 6.54 Å². The lowest BCUT2D eigenvalue weighted by Gasteiger charge is -2.05. The largest absolute Gasteiger partial charge is 0.495 e. The Morgan fingerprint density at radius 3 is 2.94 bits per heavy atom. The van der Waals surface area contributed by atoms with Crippen molar-refractivity contribution in [1.82, 2.24) is 9.55 Å². The van der Waals surface area contributed by atoms with Gasteiger partial charge < -0.3 is 15.0 Å². The first-order valence-electron chi connectivity index (χ1n) is 5.25. The van der Waals surface area contributed by atoms with E-state index in [9.17, 15) is 0 Å². The van der Waals surface area contributed by atoms with E-state index in [1.165, 1.54) is 0 Å². The Hall–Kier alpha value is -2.12. The zero-order chi connectivity index (χ0) is 13.1. The molecule has 4 nitrogen and oxygen atoms in total. The predicted octanol–water partition coefficient (Wildman–Crippen LogP) is 2.43. The SMILES string of the molecule is C#CCn1cnc(-c2ccc(OC)c(Cl)c2)c1N. The molecule has 0 saturated heterocycles. The number of benzene rings is 1. The zero-order valence-electron chi connectivity index (χ0n) is 9.85. The topological polar surface area (TPSA) is 53.1 Å². The Morgan fingerprint density at radius 2 is 2.33 bits per heavy atom. The van der Waals surface area contributed by atoms with Crippen molar-refractivity contribution in [1.29, 1.82) is 0 Å². The van der Waals surface area contributed by atoms with E-state index < -0.39 is 0 Å². The number of hydrogen-bond donors (Lipinski definition) is 1. The molecule has 0 amide bonds. The molecule has 0 saturated carbocycles. The molecule has 92 valence electrons. The van der Waals surface area contributed by atoms with Crippen LogP contribution in [-0.2, 0) is 6.54 Å². The third kappa shape index (κ3) is 2.13. The van der Waals surface area contributed by atoms with Gasteiger partial charge in [0.05, 0.1) is 25.0 Å². The molecule has 0 atom stereocenters. The highest BCUT2D eigenvalue weighted by molar-refractivity contribution is 6.32. The van der Waals surface area contributed by atoms with E-state index in [1.54, 1.807) is 30.1 Å². The zero-order valence-corrected chi connectivity index (χ0v) is 10.6. The summed E-state index contributed by atoms with van der Waals surface area (Å²) in [7, 11) is 1.57. The number of methoxy groups -OCH3 is 1. The van der Waals surface area contributed by atoms with Crippen LogP contribution in [0.2, 0.25) is 5.02 Å². The van der Waals surface area contributed by atoms with Crippen molar-refractivity contribution >= 4 is 17.4 Å². The molecular weight excluding hydrogens is 250 g/mol. The molecular formula is C13H12ClN3O. The maximum Gasteiger partial charge on any atom is 0.137 e. The molecule has 0 unspecified atom stereocenters. The quantitative estimate of drug-likeness (QED) is 0.864. The number of aromatic nitrogens is 2. The van der Waals surface area contributed by atoms with Crippen LogP contribution in [0.3, 0.4) is 0 Å². The third-order valence-corrected chi connectivity index (χ3v) is 2.86. The molecule has 0 bridgehead atoms. The maximum absolute atomic E-state index is 6.07. The van der Waals surface area contributed by atoms with E-state index >= 15 is 0 Å². The molecule has 18 heavy (non-hydrogen) atoms. The molecule has 0 fully saturated rings. The van der Waals surface area contributed by atoms with E-state index in [2.05, 4.69) is 10.9 Å². The van der Waals surface area contributed by atoms with E-state index in [-0.39, 0.29) is 0 Å². The van der Waals surface area contributed by atoms with Crippen LogP contribution in [0.1, 0.15) is 0 Å². The summed E-state index contributed by atoms with van der Waals surface area (Å²) in [6.45, 7) is 0.392. The monoisotopic (exact) mass is 261 g/mol. The molecule has 1 heterocycles. The average molecular weight is 262 g/mol. The van der Waals surface area contributed by atoms with E-state index in [0.717, 1.165) is 5.56 Å². The van der Waals surface area contributed by atoms with Crippen molar-refractivity contribution in [3.05, 3.63) is 29.5 Å². The molecule has 0 radical (unpaired) electrons. The molecule has 1 aromatic carbocycles. The summed E-state index contributed by atoms with van der Waals surface area (Å²) >= 11 is 6.07. The minimum absolute atomic E-state index is 0.392. The van der Waals surface area contributed by atoms with Gasteiger partial charge in [-0.05, 0) is 18.2 Å². The Balaban J connectivity index is 2.43. The number of anilines is 1. The van der Waals surface area contributed by atoms with Crippen molar-refractivity contribution in [3.63, 3.8) is 0 Å². The lowest BCUT2D eigenvalue weighted by atomic mass is 10.1. The second kappa shape index (κ2) is 5.03. The van der Waals surface area contributed by atoms with Gasteiger partial charge in [-0.15, -0.1) is 6.42 Å². The van der Waals surface area contributed by atoms with Crippen LogP contribution >= 0.6 is 11.6 Å². The number of nitrogen functional groups attached to an aromatic ring is 1. The average Bonchev–Trinajstić information content (AvgIpc) is 2.72. The van der Waals surface area contributed by atoms with Gasteiger partial charge in [0.2, 0.25) is 0 Å². The normalized spacial score (nSPS) is 10.1. The smallest absolute Gasteiger partial charge is 0.137 e. The minimum atomic E-state index is 0.392. The Kier molecular flexibility index (Phi) is 3.45. The Morgan fingerprint density at radius 1 is 1.56 bits per heavy atom. The number of terminal acetylenes is 1. The maximum atomic E-state index is 6.07. The molecule has 2 aromatic rings. The molecule has 2 N–H and O–H groups in total. The number of nitrogens with zero attached hydrogens (tertiary/aromatic N) is 2. The van der Waals surface area contributed by atoms with Gasteiger partial charge in [-0.3, -0.25) is 0 Å². The number of hydrogen-bond acceptors (Lipinski definition) is 3. The van der Waals surface area contributed by atoms with Crippen LogP contribution in [-0.4, -0.2) is 16.7 Å². The number of nitrogens with two attached hydrogens (primary N) is 1. The van der Waals surface area contributed by atoms with E-state index in [1.807, 2.05) is 6.07 Å². The van der Waals surface area contributed by atoms with Gasteiger partial charge in [0.1, 0.15) is 17.3 Å². The summed E-state index contributed by atoms with van der Waals surface area (Å²) < 4.78 is 6.80. The molecule has 5 heteroatoms. The summed E-state index contributed by atoms with van der Waals surface area (Å²) in [6, 6.07) is 5.39. The second-order valence-corrected chi connectivity index (χ2v) is 4.07. The predicted molar refractivity (Wildman–Crippen MR) is 72.5 cm³/mol. The minimum Gasteiger partial charge on any atom is -0.495 e. The van der Waals surface area contributed by atoms with E-state index in [4.69, 9.17) is 28.5 Å². The highest BCUT2D eigenvalue weighted by atomic mass is 35.5. The highest BCUT2D eigenvalue weighted by Gasteiger charge is 2.11. The molecule has 1 aromatic heterocycles. The highest BCUT2D eigenvalue weighted by Crippen LogP contribution is 2.31. The van der Waals surface area contributed by atoms with Gasteiger partial charge in [-0.2, -0.15) is 0 Å². The summed E-state index contributed by atoms with van der Waals surface area (Å²) in [5.74, 6) is 3.65. The van der Waals surface area contributed by atoms with Gasteiger partial charge >= 0.3 is 0 Å². The molecule has 0 spiro atoms. The van der Waals surface area contributed by atoms with Gasteiger partial charge in [0.25, 0.3) is 0 Å². The van der Waals surface area contributed by atoms with Crippen LogP contribution in [0.4, 0.5) is 5.82 Å². The van der Waals surface area contributed by atoms with Crippen LogP contribution in [0.25, 0.3) is 11.3 Å². The van der Waals surface area contributed by atoms with Gasteiger partial charge in [-0.1, -0.05) is 17.5 Å². The molecule has 0 aliphatic rings. The molecule has 0 aliphatic heterocycles. The number of ether oxygens (including phenoxy) is 1. The van der Waals surface area contributed by atoms with Gasteiger partial charge in [0, 0.05) is 5.56 Å². The summed E-state index contributed by atoms with van der Waals surface area (Å²) in [6.07, 6.45) is 6.86. The first-order valence-corrected chi connectivity index (χ1v) is 5.63. The molecule has 2 rings (SSSR count). The van der Waals surface area contributed by atoms with E-state index in [0.29, 0.717) is 28.8 Å². The fourth-order valence-corrected chi connectivity index (χ4v) is 1.91. The first kappa shape index (κ1) is 12.3. The first-order chi connectivity index (χ1) is 8.67. The van der Waals surface area contributed by atoms with Gasteiger partial charge in [-0.25, -0.2) is 4.98 Å². The summed E-state index contributed by atoms with van der Waals surface area (Å²) in [5, 5.41) is 0.515. The second-order valence-electron chi connectivity index (χ2n) is 3.66. The number of halogens is 1. The lowest BCUT2D eigenvalue weighted by Crippen LogP contribution is -2.00. The van der Waals surface area contributed by atoms with Crippen molar-refractivity contribution in [2.75, 3.05) is 12.8 Å². The fraction of sp³-hybridized carbons (Fsp3) is 0.154. The van der Waals surface area contributed by atoms with Crippen molar-refractivity contribution < 1.29 is 4.74 Å². The number of rotatable bonds is 3. The summed E-state index contributed by atoms with van der Waals surface area (Å²) in [5.41, 5.74) is 7.46. The van der Waals surface area contributed by atoms with Crippen LogP contribution in [0.5, 0.6) is 5.75 Å². The Bertz CT molecular complexity index is 613. The van der Waals surface area contributed by atoms with Crippen molar-refractivity contribution in [3.8, 4) is 29.4 Å². The van der Waals surface area contributed by atoms with Crippen LogP contribution in [0.15, 0.2) is 24.5 Å². The van der Waals surface area contributed by atoms with Gasteiger partial charge in [0.15, 0.2) is 0 Å². The molecule has 0 aliphatic carbocycles. The Labute approximate surface area is 110 Å². The third-order valence-electron chi connectivity index (χ3n) is 2.57. The number of imidazole rings is 1. The van der Waals surface area contributed by atoms with Crippen LogP contribution < -0.4 is 10.5 Å². The summed E-state index contributed by atoms with van der Waals surface area (Å²) in [4.78, 5) is 4.24.